The molecule has 28 heavy (non-hydrogen) atoms. The Morgan fingerprint density at radius 2 is 1.57 bits per heavy atom. The van der Waals surface area contributed by atoms with Gasteiger partial charge in [0, 0.05) is 6.92 Å². The Balaban J connectivity index is 2.27. The molecule has 12 nitrogen and oxygen atoms in total. The van der Waals surface area contributed by atoms with Crippen molar-refractivity contribution in [3.63, 3.8) is 0 Å². The fourth-order valence-corrected chi connectivity index (χ4v) is 3.51. The van der Waals surface area contributed by atoms with Crippen molar-refractivity contribution in [2.45, 2.75) is 68.3 Å². The van der Waals surface area contributed by atoms with Gasteiger partial charge in [-0.25, -0.2) is 0 Å². The van der Waals surface area contributed by atoms with Gasteiger partial charge in [0.2, 0.25) is 12.0 Å². The first-order valence-corrected chi connectivity index (χ1v) is 8.86. The summed E-state index contributed by atoms with van der Waals surface area (Å²) in [7, 11) is 3.06. The summed E-state index contributed by atoms with van der Waals surface area (Å²) in [5.41, 5.74) is 0. The van der Waals surface area contributed by atoms with E-state index < -0.39 is 80.5 Å². The Bertz CT molecular complexity index is 521. The van der Waals surface area contributed by atoms with Crippen LogP contribution < -0.4 is 5.32 Å². The monoisotopic (exact) mass is 412 g/mol. The lowest BCUT2D eigenvalue weighted by Crippen LogP contribution is -2.68. The fraction of sp³-hybridized carbons (Fsp3) is 0.938. The van der Waals surface area contributed by atoms with Gasteiger partial charge >= 0.3 is 0 Å². The van der Waals surface area contributed by atoms with Crippen molar-refractivity contribution in [3.05, 3.63) is 0 Å². The summed E-state index contributed by atoms with van der Waals surface area (Å²) in [6, 6.07) is -1.23. The van der Waals surface area contributed by atoms with Gasteiger partial charge in [-0.3, -0.25) is 4.79 Å². The maximum Gasteiger partial charge on any atom is 0.217 e. The summed E-state index contributed by atoms with van der Waals surface area (Å²) in [5.74, 6) is -0.536. The minimum atomic E-state index is -1.60. The molecule has 2 fully saturated rings. The van der Waals surface area contributed by atoms with Crippen molar-refractivity contribution in [2.75, 3.05) is 27.4 Å². The maximum atomic E-state index is 11.5. The Morgan fingerprint density at radius 3 is 2.07 bits per heavy atom. The van der Waals surface area contributed by atoms with Crippen LogP contribution in [-0.2, 0) is 23.4 Å². The summed E-state index contributed by atoms with van der Waals surface area (Å²) < 4.78 is 18.6. The van der Waals surface area contributed by atoms with Crippen LogP contribution in [-0.4, -0.2) is 125 Å². The van der Waals surface area contributed by atoms with E-state index in [0.717, 1.165) is 0 Å². The van der Waals surface area contributed by atoms with Crippen LogP contribution >= 0.6 is 0 Å². The summed E-state index contributed by atoms with van der Waals surface area (Å²) in [4.78, 5) is 11.5. The highest BCUT2D eigenvalue weighted by Gasteiger charge is 2.54. The number of carbonyl (C=O) groups is 1. The predicted molar refractivity (Wildman–Crippen MR) is 90.9 cm³/mol. The molecule has 0 aliphatic carbocycles. The van der Waals surface area contributed by atoms with Crippen LogP contribution in [0.4, 0.5) is 0 Å². The molecule has 2 aliphatic rings. The molecule has 7 N–H and O–H groups in total. The van der Waals surface area contributed by atoms with Crippen LogP contribution in [0.2, 0.25) is 0 Å². The van der Waals surface area contributed by atoms with Gasteiger partial charge in [-0.05, 0) is 0 Å². The third-order valence-electron chi connectivity index (χ3n) is 4.90. The number of aliphatic hydroxyl groups excluding tert-OH is 6. The Morgan fingerprint density at radius 1 is 1.00 bits per heavy atom. The first-order chi connectivity index (χ1) is 13.1. The van der Waals surface area contributed by atoms with E-state index in [-0.39, 0.29) is 0 Å². The van der Waals surface area contributed by atoms with Crippen molar-refractivity contribution >= 4 is 5.91 Å². The molecular weight excluding hydrogens is 382 g/mol. The number of nitrogens with one attached hydrogen (secondary N) is 1. The average molecular weight is 412 g/mol. The molecule has 0 unspecified atom stereocenters. The summed E-state index contributed by atoms with van der Waals surface area (Å²) in [6.07, 6.45) is -11.7. The first-order valence-electron chi connectivity index (χ1n) is 8.86. The van der Waals surface area contributed by atoms with E-state index in [9.17, 15) is 35.4 Å². The molecule has 2 aliphatic heterocycles. The largest absolute Gasteiger partial charge is 0.420 e. The second-order valence-electron chi connectivity index (χ2n) is 7.12. The standard InChI is InChI=1S/C16H29NO11/c1-6(20)17-9-13(10(21)7(4-18)25-15(9)24)27-16-12(23)14(28(2)3)11(22)8(5-19)26-16/h7-16,18-19,21-24H,4-5H2,1-3H3/p+1/t7-,8-,9-,10-,11+,12-,13-,14+,15-,16+/m1/s1. The summed E-state index contributed by atoms with van der Waals surface area (Å²) in [5, 5.41) is 62.7. The Kier molecular flexibility index (Phi) is 8.10. The van der Waals surface area contributed by atoms with E-state index in [4.69, 9.17) is 14.2 Å². The van der Waals surface area contributed by atoms with Crippen LogP contribution in [0.25, 0.3) is 0 Å². The maximum absolute atomic E-state index is 11.5. The van der Waals surface area contributed by atoms with Gasteiger partial charge in [0.05, 0.1) is 13.2 Å². The van der Waals surface area contributed by atoms with Crippen LogP contribution in [0.1, 0.15) is 6.92 Å². The highest BCUT2D eigenvalue weighted by atomic mass is 16.7. The number of carbonyl (C=O) groups excluding carboxylic acids is 1. The molecule has 1 amide bonds. The van der Waals surface area contributed by atoms with Crippen molar-refractivity contribution in [1.29, 1.82) is 0 Å². The van der Waals surface area contributed by atoms with Crippen LogP contribution in [0.15, 0.2) is 0 Å². The van der Waals surface area contributed by atoms with Gasteiger partial charge in [-0.2, -0.15) is 0 Å². The van der Waals surface area contributed by atoms with Crippen molar-refractivity contribution in [1.82, 2.24) is 5.32 Å². The lowest BCUT2D eigenvalue weighted by atomic mass is 9.95. The zero-order valence-corrected chi connectivity index (χ0v) is 15.9. The summed E-state index contributed by atoms with van der Waals surface area (Å²) >= 11 is 0. The number of aliphatic hydroxyl groups is 6. The van der Waals surface area contributed by atoms with Crippen molar-refractivity contribution < 1.29 is 54.0 Å². The zero-order valence-electron chi connectivity index (χ0n) is 15.9. The van der Waals surface area contributed by atoms with E-state index in [1.165, 1.54) is 21.1 Å². The fourth-order valence-electron chi connectivity index (χ4n) is 3.51. The van der Waals surface area contributed by atoms with E-state index in [1.54, 1.807) is 0 Å². The molecule has 2 saturated heterocycles. The number of rotatable bonds is 6. The second-order valence-corrected chi connectivity index (χ2v) is 7.12. The molecular formula is C16H30NO11+. The van der Waals surface area contributed by atoms with E-state index >= 15 is 0 Å². The molecule has 0 saturated carbocycles. The quantitative estimate of drug-likeness (QED) is 0.210. The molecule has 0 spiro atoms. The molecule has 164 valence electrons. The number of amides is 1. The van der Waals surface area contributed by atoms with Gasteiger partial charge < -0.3 is 54.5 Å². The minimum absolute atomic E-state index is 0.536. The van der Waals surface area contributed by atoms with Crippen LogP contribution in [0.3, 0.4) is 0 Å². The topological polar surface area (TPSA) is 181 Å². The van der Waals surface area contributed by atoms with Crippen LogP contribution in [0.5, 0.6) is 0 Å². The number of hydrogen-bond donors (Lipinski definition) is 7. The molecule has 0 aromatic carbocycles. The second kappa shape index (κ2) is 9.71. The van der Waals surface area contributed by atoms with Crippen LogP contribution in [0, 0.1) is 0 Å². The molecule has 0 radical (unpaired) electrons. The molecule has 0 aromatic rings. The molecule has 0 aromatic heterocycles. The lowest BCUT2D eigenvalue weighted by molar-refractivity contribution is -0.361. The Hall–Kier alpha value is -0.930. The lowest BCUT2D eigenvalue weighted by Gasteiger charge is -2.46. The SMILES string of the molecule is CC(=O)N[C@@H]1[C@@H](O[C@@H]2O[C@H](CO)[C@H](O)[C@H]([O+](C)C)[C@H]2O)[C@H](O)[C@@H](CO)O[C@H]1O. The van der Waals surface area contributed by atoms with Gasteiger partial charge in [0.15, 0.2) is 24.8 Å². The third kappa shape index (κ3) is 4.79. The normalized spacial score (nSPS) is 44.5. The molecule has 2 rings (SSSR count). The van der Waals surface area contributed by atoms with Gasteiger partial charge in [-0.15, -0.1) is 0 Å². The smallest absolute Gasteiger partial charge is 0.217 e. The van der Waals surface area contributed by atoms with E-state index in [1.807, 2.05) is 0 Å². The van der Waals surface area contributed by atoms with Gasteiger partial charge in [0.1, 0.15) is 44.7 Å². The molecule has 0 bridgehead atoms. The number of ether oxygens (including phenoxy) is 3. The van der Waals surface area contributed by atoms with E-state index in [2.05, 4.69) is 9.68 Å². The number of hydrogen-bond acceptors (Lipinski definition) is 10. The molecule has 10 atom stereocenters. The van der Waals surface area contributed by atoms with E-state index in [0.29, 0.717) is 0 Å². The third-order valence-corrected chi connectivity index (χ3v) is 4.90. The van der Waals surface area contributed by atoms with Crippen molar-refractivity contribution in [2.24, 2.45) is 0 Å². The van der Waals surface area contributed by atoms with Gasteiger partial charge in [0.25, 0.3) is 0 Å². The minimum Gasteiger partial charge on any atom is -0.420 e. The Labute approximate surface area is 161 Å². The highest BCUT2D eigenvalue weighted by Crippen LogP contribution is 2.30. The zero-order chi connectivity index (χ0) is 21.2. The van der Waals surface area contributed by atoms with Crippen molar-refractivity contribution in [3.8, 4) is 0 Å². The predicted octanol–water partition coefficient (Wildman–Crippen LogP) is -4.43. The first kappa shape index (κ1) is 23.3. The molecule has 12 heteroatoms. The van der Waals surface area contributed by atoms with Gasteiger partial charge in [-0.1, -0.05) is 0 Å². The summed E-state index contributed by atoms with van der Waals surface area (Å²) in [6.45, 7) is -0.00376. The molecule has 2 heterocycles. The highest BCUT2D eigenvalue weighted by molar-refractivity contribution is 5.73. The average Bonchev–Trinajstić information content (AvgIpc) is 2.62.